The second-order valence-electron chi connectivity index (χ2n) is 5.23. The average Bonchev–Trinajstić information content (AvgIpc) is 2.84. The van der Waals surface area contributed by atoms with Crippen LogP contribution in [0, 0.1) is 6.92 Å². The van der Waals surface area contributed by atoms with Gasteiger partial charge in [0.1, 0.15) is 0 Å². The maximum atomic E-state index is 11.7. The van der Waals surface area contributed by atoms with E-state index < -0.39 is 0 Å². The van der Waals surface area contributed by atoms with Crippen LogP contribution < -0.4 is 5.32 Å². The summed E-state index contributed by atoms with van der Waals surface area (Å²) >= 11 is 0. The van der Waals surface area contributed by atoms with Gasteiger partial charge >= 0.3 is 5.97 Å². The highest BCUT2D eigenvalue weighted by atomic mass is 16.5. The lowest BCUT2D eigenvalue weighted by molar-refractivity contribution is 0.0601. The second-order valence-corrected chi connectivity index (χ2v) is 5.23. The Labute approximate surface area is 117 Å². The molecule has 1 aliphatic heterocycles. The fraction of sp³-hybridized carbons (Fsp3) is 0.467. The Balaban J connectivity index is 2.08. The summed E-state index contributed by atoms with van der Waals surface area (Å²) < 4.78 is 6.88. The van der Waals surface area contributed by atoms with Crippen molar-refractivity contribution in [2.24, 2.45) is 0 Å². The fourth-order valence-corrected chi connectivity index (χ4v) is 2.87. The molecule has 1 saturated heterocycles. The molecule has 1 aliphatic rings. The van der Waals surface area contributed by atoms with Gasteiger partial charge in [-0.15, -0.1) is 0 Å². The standard InChI is InChI=1S/C15H19N3O2/c1-10-13-4-3-11(15(19)20-2)9-14(13)18(17-10)12-5-7-16-8-6-12/h3-4,9,12,16H,5-8H2,1-2H3. The first kappa shape index (κ1) is 13.1. The Morgan fingerprint density at radius 2 is 2.15 bits per heavy atom. The highest BCUT2D eigenvalue weighted by Crippen LogP contribution is 2.27. The van der Waals surface area contributed by atoms with Crippen LogP contribution in [0.1, 0.15) is 34.9 Å². The Hall–Kier alpha value is -1.88. The summed E-state index contributed by atoms with van der Waals surface area (Å²) in [6.45, 7) is 4.04. The zero-order chi connectivity index (χ0) is 14.1. The molecule has 1 fully saturated rings. The summed E-state index contributed by atoms with van der Waals surface area (Å²) in [6.07, 6.45) is 2.14. The van der Waals surface area contributed by atoms with Gasteiger partial charge in [-0.25, -0.2) is 4.79 Å². The quantitative estimate of drug-likeness (QED) is 0.851. The summed E-state index contributed by atoms with van der Waals surface area (Å²) in [7, 11) is 1.40. The van der Waals surface area contributed by atoms with E-state index in [0.29, 0.717) is 11.6 Å². The number of rotatable bonds is 2. The number of fused-ring (bicyclic) bond motifs is 1. The first-order valence-electron chi connectivity index (χ1n) is 6.98. The van der Waals surface area contributed by atoms with Crippen molar-refractivity contribution in [2.45, 2.75) is 25.8 Å². The molecule has 2 aromatic rings. The summed E-state index contributed by atoms with van der Waals surface area (Å²) in [6, 6.07) is 6.06. The van der Waals surface area contributed by atoms with E-state index in [-0.39, 0.29) is 5.97 Å². The van der Waals surface area contributed by atoms with E-state index in [1.165, 1.54) is 7.11 Å². The molecule has 0 atom stereocenters. The van der Waals surface area contributed by atoms with E-state index in [1.54, 1.807) is 6.07 Å². The number of esters is 1. The minimum Gasteiger partial charge on any atom is -0.465 e. The van der Waals surface area contributed by atoms with Crippen LogP contribution in [0.5, 0.6) is 0 Å². The number of methoxy groups -OCH3 is 1. The Bertz CT molecular complexity index is 642. The number of aryl methyl sites for hydroxylation is 1. The van der Waals surface area contributed by atoms with E-state index >= 15 is 0 Å². The molecule has 0 amide bonds. The van der Waals surface area contributed by atoms with Crippen LogP contribution >= 0.6 is 0 Å². The molecule has 1 aromatic carbocycles. The minimum absolute atomic E-state index is 0.303. The van der Waals surface area contributed by atoms with Crippen LogP contribution in [0.3, 0.4) is 0 Å². The Kier molecular flexibility index (Phi) is 3.44. The molecule has 1 N–H and O–H groups in total. The molecular weight excluding hydrogens is 254 g/mol. The maximum absolute atomic E-state index is 11.7. The lowest BCUT2D eigenvalue weighted by Gasteiger charge is -2.23. The number of hydrogen-bond acceptors (Lipinski definition) is 4. The smallest absolute Gasteiger partial charge is 0.337 e. The number of aromatic nitrogens is 2. The Morgan fingerprint density at radius 3 is 2.85 bits per heavy atom. The highest BCUT2D eigenvalue weighted by Gasteiger charge is 2.20. The topological polar surface area (TPSA) is 56.1 Å². The van der Waals surface area contributed by atoms with Gasteiger partial charge in [0.15, 0.2) is 0 Å². The third-order valence-electron chi connectivity index (χ3n) is 3.97. The predicted molar refractivity (Wildman–Crippen MR) is 77.0 cm³/mol. The Morgan fingerprint density at radius 1 is 1.40 bits per heavy atom. The van der Waals surface area contributed by atoms with Crippen molar-refractivity contribution in [3.63, 3.8) is 0 Å². The molecule has 0 aliphatic carbocycles. The van der Waals surface area contributed by atoms with Crippen LogP contribution in [0.2, 0.25) is 0 Å². The van der Waals surface area contributed by atoms with E-state index in [2.05, 4.69) is 15.1 Å². The van der Waals surface area contributed by atoms with E-state index in [0.717, 1.165) is 42.5 Å². The lowest BCUT2D eigenvalue weighted by Crippen LogP contribution is -2.29. The van der Waals surface area contributed by atoms with Crippen LogP contribution in [0.15, 0.2) is 18.2 Å². The number of ether oxygens (including phenoxy) is 1. The predicted octanol–water partition coefficient (Wildman–Crippen LogP) is 2.06. The molecule has 106 valence electrons. The molecule has 0 bridgehead atoms. The van der Waals surface area contributed by atoms with Crippen molar-refractivity contribution in [3.8, 4) is 0 Å². The van der Waals surface area contributed by atoms with Gasteiger partial charge in [0.2, 0.25) is 0 Å². The van der Waals surface area contributed by atoms with Crippen molar-refractivity contribution in [1.82, 2.24) is 15.1 Å². The number of hydrogen-bond donors (Lipinski definition) is 1. The molecule has 0 saturated carbocycles. The summed E-state index contributed by atoms with van der Waals surface area (Å²) in [5.41, 5.74) is 2.61. The van der Waals surface area contributed by atoms with Crippen LogP contribution in [0.25, 0.3) is 10.9 Å². The first-order chi connectivity index (χ1) is 9.70. The summed E-state index contributed by atoms with van der Waals surface area (Å²) in [5.74, 6) is -0.303. The molecule has 3 rings (SSSR count). The van der Waals surface area contributed by atoms with Crippen LogP contribution in [-0.4, -0.2) is 35.9 Å². The normalized spacial score (nSPS) is 16.5. The lowest BCUT2D eigenvalue weighted by atomic mass is 10.1. The molecule has 5 heteroatoms. The highest BCUT2D eigenvalue weighted by molar-refractivity contribution is 5.95. The third kappa shape index (κ3) is 2.18. The van der Waals surface area contributed by atoms with Crippen molar-refractivity contribution < 1.29 is 9.53 Å². The summed E-state index contributed by atoms with van der Waals surface area (Å²) in [4.78, 5) is 11.7. The molecule has 0 unspecified atom stereocenters. The summed E-state index contributed by atoms with van der Waals surface area (Å²) in [5, 5.41) is 9.15. The number of carbonyl (C=O) groups excluding carboxylic acids is 1. The second kappa shape index (κ2) is 5.25. The molecule has 5 nitrogen and oxygen atoms in total. The van der Waals surface area contributed by atoms with Gasteiger partial charge in [0.25, 0.3) is 0 Å². The average molecular weight is 273 g/mol. The zero-order valence-corrected chi connectivity index (χ0v) is 11.8. The molecule has 0 radical (unpaired) electrons. The molecule has 2 heterocycles. The molecular formula is C15H19N3O2. The molecule has 20 heavy (non-hydrogen) atoms. The number of benzene rings is 1. The number of piperidine rings is 1. The first-order valence-corrected chi connectivity index (χ1v) is 6.98. The van der Waals surface area contributed by atoms with Gasteiger partial charge in [-0.3, -0.25) is 4.68 Å². The zero-order valence-electron chi connectivity index (χ0n) is 11.8. The molecule has 1 aromatic heterocycles. The van der Waals surface area contributed by atoms with Gasteiger partial charge in [0, 0.05) is 5.39 Å². The maximum Gasteiger partial charge on any atom is 0.337 e. The van der Waals surface area contributed by atoms with E-state index in [4.69, 9.17) is 4.74 Å². The van der Waals surface area contributed by atoms with Crippen LogP contribution in [0.4, 0.5) is 0 Å². The van der Waals surface area contributed by atoms with Gasteiger partial charge in [-0.1, -0.05) is 6.07 Å². The van der Waals surface area contributed by atoms with Gasteiger partial charge in [-0.05, 0) is 45.0 Å². The SMILES string of the molecule is COC(=O)c1ccc2c(C)nn(C3CCNCC3)c2c1. The number of carbonyl (C=O) groups is 1. The third-order valence-corrected chi connectivity index (χ3v) is 3.97. The van der Waals surface area contributed by atoms with Crippen molar-refractivity contribution in [1.29, 1.82) is 0 Å². The minimum atomic E-state index is -0.303. The monoisotopic (exact) mass is 273 g/mol. The van der Waals surface area contributed by atoms with Gasteiger partial charge in [-0.2, -0.15) is 5.10 Å². The fourth-order valence-electron chi connectivity index (χ4n) is 2.87. The van der Waals surface area contributed by atoms with Crippen LogP contribution in [-0.2, 0) is 4.74 Å². The number of nitrogens with one attached hydrogen (secondary N) is 1. The van der Waals surface area contributed by atoms with Crippen molar-refractivity contribution in [3.05, 3.63) is 29.5 Å². The van der Waals surface area contributed by atoms with Gasteiger partial charge < -0.3 is 10.1 Å². The van der Waals surface area contributed by atoms with Gasteiger partial charge in [0.05, 0.1) is 29.9 Å². The molecule has 0 spiro atoms. The largest absolute Gasteiger partial charge is 0.465 e. The number of nitrogens with zero attached hydrogens (tertiary/aromatic N) is 2. The van der Waals surface area contributed by atoms with Crippen molar-refractivity contribution >= 4 is 16.9 Å². The van der Waals surface area contributed by atoms with Crippen molar-refractivity contribution in [2.75, 3.05) is 20.2 Å². The van der Waals surface area contributed by atoms with E-state index in [9.17, 15) is 4.79 Å². The van der Waals surface area contributed by atoms with E-state index in [1.807, 2.05) is 19.1 Å².